The minimum absolute atomic E-state index is 0.345. The quantitative estimate of drug-likeness (QED) is 0.600. The number of aliphatic hydroxyl groups is 1. The van der Waals surface area contributed by atoms with Gasteiger partial charge >= 0.3 is 0 Å². The van der Waals surface area contributed by atoms with Crippen molar-refractivity contribution in [2.45, 2.75) is 38.5 Å². The third kappa shape index (κ3) is 3.43. The Labute approximate surface area is 68.8 Å². The average Bonchev–Trinajstić information content (AvgIpc) is 1.94. The van der Waals surface area contributed by atoms with E-state index in [-0.39, 0.29) is 0 Å². The molecule has 1 heteroatoms. The minimum atomic E-state index is 0.345. The average molecular weight is 152 g/mol. The van der Waals surface area contributed by atoms with Gasteiger partial charge in [-0.15, -0.1) is 11.8 Å². The highest BCUT2D eigenvalue weighted by Crippen LogP contribution is 2.19. The first-order chi connectivity index (χ1) is 5.43. The summed E-state index contributed by atoms with van der Waals surface area (Å²) in [5.74, 6) is 7.01. The van der Waals surface area contributed by atoms with Gasteiger partial charge in [0.25, 0.3) is 0 Å². The van der Waals surface area contributed by atoms with E-state index in [1.165, 1.54) is 19.3 Å². The lowest BCUT2D eigenvalue weighted by Crippen LogP contribution is -2.04. The topological polar surface area (TPSA) is 20.2 Å². The zero-order valence-electron chi connectivity index (χ0n) is 6.97. The zero-order valence-corrected chi connectivity index (χ0v) is 6.97. The van der Waals surface area contributed by atoms with Crippen molar-refractivity contribution in [3.8, 4) is 11.8 Å². The van der Waals surface area contributed by atoms with Crippen LogP contribution in [0.2, 0.25) is 0 Å². The first kappa shape index (κ1) is 8.62. The second-order valence-electron chi connectivity index (χ2n) is 3.16. The van der Waals surface area contributed by atoms with Crippen LogP contribution in [0, 0.1) is 17.8 Å². The molecule has 11 heavy (non-hydrogen) atoms. The van der Waals surface area contributed by atoms with Gasteiger partial charge in [0.2, 0.25) is 0 Å². The molecular formula is C10H16O. The van der Waals surface area contributed by atoms with E-state index in [0.717, 1.165) is 25.2 Å². The number of aliphatic hydroxyl groups excluding tert-OH is 1. The summed E-state index contributed by atoms with van der Waals surface area (Å²) in [4.78, 5) is 0. The molecule has 0 aromatic carbocycles. The van der Waals surface area contributed by atoms with Crippen molar-refractivity contribution in [3.05, 3.63) is 0 Å². The normalized spacial score (nSPS) is 24.6. The molecule has 1 atom stereocenters. The van der Waals surface area contributed by atoms with Gasteiger partial charge in [-0.25, -0.2) is 0 Å². The van der Waals surface area contributed by atoms with Gasteiger partial charge in [0.05, 0.1) is 0 Å². The monoisotopic (exact) mass is 152 g/mol. The lowest BCUT2D eigenvalue weighted by molar-refractivity contribution is 0.245. The van der Waals surface area contributed by atoms with Crippen LogP contribution in [0.4, 0.5) is 0 Å². The molecule has 0 aromatic rings. The molecule has 62 valence electrons. The van der Waals surface area contributed by atoms with E-state index >= 15 is 0 Å². The molecule has 0 aliphatic heterocycles. The number of rotatable bonds is 2. The summed E-state index contributed by atoms with van der Waals surface area (Å²) >= 11 is 0. The predicted octanol–water partition coefficient (Wildman–Crippen LogP) is 1.95. The molecule has 1 aliphatic rings. The molecule has 0 bridgehead atoms. The van der Waals surface area contributed by atoms with Crippen molar-refractivity contribution in [2.75, 3.05) is 6.61 Å². The third-order valence-electron chi connectivity index (χ3n) is 2.25. The predicted molar refractivity (Wildman–Crippen MR) is 46.1 cm³/mol. The van der Waals surface area contributed by atoms with Gasteiger partial charge in [0, 0.05) is 19.4 Å². The molecule has 0 saturated heterocycles. The van der Waals surface area contributed by atoms with Crippen LogP contribution in [0.1, 0.15) is 38.5 Å². The lowest BCUT2D eigenvalue weighted by atomic mass is 9.92. The molecule has 1 nitrogen and oxygen atoms in total. The molecule has 0 radical (unpaired) electrons. The van der Waals surface area contributed by atoms with Crippen molar-refractivity contribution < 1.29 is 5.11 Å². The van der Waals surface area contributed by atoms with Crippen LogP contribution in [0.25, 0.3) is 0 Å². The van der Waals surface area contributed by atoms with Gasteiger partial charge in [0.1, 0.15) is 0 Å². The van der Waals surface area contributed by atoms with E-state index in [1.807, 2.05) is 0 Å². The molecule has 0 amide bonds. The van der Waals surface area contributed by atoms with Crippen LogP contribution in [-0.2, 0) is 0 Å². The molecule has 0 unspecified atom stereocenters. The standard InChI is InChI=1S/C10H16O/c11-9-8-10-6-4-2-1-3-5-7-10/h10-11H,2,4-9H2/t10-/m1/s1. The highest BCUT2D eigenvalue weighted by atomic mass is 16.3. The van der Waals surface area contributed by atoms with Crippen molar-refractivity contribution in [1.29, 1.82) is 0 Å². The van der Waals surface area contributed by atoms with E-state index in [2.05, 4.69) is 11.8 Å². The summed E-state index contributed by atoms with van der Waals surface area (Å²) in [6.45, 7) is 0.345. The van der Waals surface area contributed by atoms with Crippen molar-refractivity contribution in [3.63, 3.8) is 0 Å². The Kier molecular flexibility index (Phi) is 4.08. The molecule has 0 heterocycles. The van der Waals surface area contributed by atoms with E-state index in [4.69, 9.17) is 5.11 Å². The van der Waals surface area contributed by atoms with Gasteiger partial charge in [-0.1, -0.05) is 0 Å². The molecular weight excluding hydrogens is 136 g/mol. The van der Waals surface area contributed by atoms with Gasteiger partial charge in [0.15, 0.2) is 0 Å². The smallest absolute Gasteiger partial charge is 0.0433 e. The maximum absolute atomic E-state index is 8.74. The largest absolute Gasteiger partial charge is 0.396 e. The summed E-state index contributed by atoms with van der Waals surface area (Å²) in [5.41, 5.74) is 0. The van der Waals surface area contributed by atoms with Gasteiger partial charge < -0.3 is 5.11 Å². The van der Waals surface area contributed by atoms with E-state index in [9.17, 15) is 0 Å². The fraction of sp³-hybridized carbons (Fsp3) is 0.800. The van der Waals surface area contributed by atoms with Gasteiger partial charge in [-0.3, -0.25) is 0 Å². The Balaban J connectivity index is 2.27. The van der Waals surface area contributed by atoms with Crippen molar-refractivity contribution >= 4 is 0 Å². The van der Waals surface area contributed by atoms with E-state index < -0.39 is 0 Å². The second kappa shape index (κ2) is 5.21. The van der Waals surface area contributed by atoms with Crippen LogP contribution >= 0.6 is 0 Å². The van der Waals surface area contributed by atoms with Crippen LogP contribution in [0.5, 0.6) is 0 Å². The van der Waals surface area contributed by atoms with Gasteiger partial charge in [-0.2, -0.15) is 0 Å². The minimum Gasteiger partial charge on any atom is -0.396 e. The first-order valence-electron chi connectivity index (χ1n) is 4.50. The summed E-state index contributed by atoms with van der Waals surface area (Å²) in [7, 11) is 0. The highest BCUT2D eigenvalue weighted by Gasteiger charge is 2.07. The fourth-order valence-electron chi connectivity index (χ4n) is 1.55. The van der Waals surface area contributed by atoms with Crippen LogP contribution in [0.3, 0.4) is 0 Å². The fourth-order valence-corrected chi connectivity index (χ4v) is 1.55. The van der Waals surface area contributed by atoms with Crippen LogP contribution in [0.15, 0.2) is 0 Å². The Morgan fingerprint density at radius 1 is 1.18 bits per heavy atom. The van der Waals surface area contributed by atoms with Crippen LogP contribution in [-0.4, -0.2) is 11.7 Å². The number of hydrogen-bond acceptors (Lipinski definition) is 1. The van der Waals surface area contributed by atoms with Crippen LogP contribution < -0.4 is 0 Å². The molecule has 0 spiro atoms. The first-order valence-corrected chi connectivity index (χ1v) is 4.50. The molecule has 0 fully saturated rings. The Hall–Kier alpha value is -0.480. The third-order valence-corrected chi connectivity index (χ3v) is 2.25. The molecule has 1 N–H and O–H groups in total. The summed E-state index contributed by atoms with van der Waals surface area (Å²) in [6, 6.07) is 0. The van der Waals surface area contributed by atoms with Gasteiger partial charge in [-0.05, 0) is 31.6 Å². The van der Waals surface area contributed by atoms with Crippen molar-refractivity contribution in [1.82, 2.24) is 0 Å². The van der Waals surface area contributed by atoms with E-state index in [0.29, 0.717) is 6.61 Å². The summed E-state index contributed by atoms with van der Waals surface area (Å²) in [5, 5.41) is 8.74. The lowest BCUT2D eigenvalue weighted by Gasteiger charge is -2.14. The molecule has 1 rings (SSSR count). The molecule has 0 aromatic heterocycles. The molecule has 1 aliphatic carbocycles. The Morgan fingerprint density at radius 3 is 2.82 bits per heavy atom. The maximum atomic E-state index is 8.74. The SMILES string of the molecule is OCC[C@H]1CCC#CCCC1. The molecule has 0 saturated carbocycles. The maximum Gasteiger partial charge on any atom is 0.0433 e. The number of hydrogen-bond donors (Lipinski definition) is 1. The highest BCUT2D eigenvalue weighted by molar-refractivity contribution is 5.00. The summed E-state index contributed by atoms with van der Waals surface area (Å²) in [6.07, 6.45) is 6.73. The van der Waals surface area contributed by atoms with E-state index in [1.54, 1.807) is 0 Å². The van der Waals surface area contributed by atoms with Crippen molar-refractivity contribution in [2.24, 2.45) is 5.92 Å². The summed E-state index contributed by atoms with van der Waals surface area (Å²) < 4.78 is 0. The Bertz CT molecular complexity index is 152. The second-order valence-corrected chi connectivity index (χ2v) is 3.16. The zero-order chi connectivity index (χ0) is 7.94. The Morgan fingerprint density at radius 2 is 2.00 bits per heavy atom.